The van der Waals surface area contributed by atoms with E-state index in [0.29, 0.717) is 19.0 Å². The van der Waals surface area contributed by atoms with Crippen LogP contribution in [-0.2, 0) is 25.6 Å². The lowest BCUT2D eigenvalue weighted by atomic mass is 9.92. The minimum Gasteiger partial charge on any atom is -0.302 e. The fraction of sp³-hybridized carbons (Fsp3) is 0.600. The molecule has 1 fully saturated rings. The van der Waals surface area contributed by atoms with Crippen LogP contribution in [0.15, 0.2) is 34.2 Å². The third kappa shape index (κ3) is 4.71. The van der Waals surface area contributed by atoms with Gasteiger partial charge in [-0.05, 0) is 37.9 Å². The van der Waals surface area contributed by atoms with Gasteiger partial charge in [0.25, 0.3) is 11.1 Å². The SMILES string of the molecule is Cn1cncc(CN2CCC(Cn3nc(C(C)(C)C)ccc3=O)CC2)c1=O. The van der Waals surface area contributed by atoms with Crippen molar-refractivity contribution in [3.63, 3.8) is 0 Å². The van der Waals surface area contributed by atoms with Crippen molar-refractivity contribution in [3.05, 3.63) is 56.6 Å². The van der Waals surface area contributed by atoms with E-state index < -0.39 is 0 Å². The molecule has 0 atom stereocenters. The third-order valence-corrected chi connectivity index (χ3v) is 5.23. The summed E-state index contributed by atoms with van der Waals surface area (Å²) in [5, 5.41) is 4.58. The molecule has 0 unspecified atom stereocenters. The summed E-state index contributed by atoms with van der Waals surface area (Å²) in [6.07, 6.45) is 5.19. The van der Waals surface area contributed by atoms with Crippen LogP contribution >= 0.6 is 0 Å². The molecule has 1 saturated heterocycles. The molecule has 0 amide bonds. The van der Waals surface area contributed by atoms with Gasteiger partial charge in [-0.1, -0.05) is 20.8 Å². The Morgan fingerprint density at radius 2 is 1.85 bits per heavy atom. The second-order valence-corrected chi connectivity index (χ2v) is 8.54. The van der Waals surface area contributed by atoms with Gasteiger partial charge in [0, 0.05) is 43.4 Å². The van der Waals surface area contributed by atoms with Gasteiger partial charge in [-0.2, -0.15) is 5.10 Å². The van der Waals surface area contributed by atoms with E-state index in [1.807, 2.05) is 6.07 Å². The highest BCUT2D eigenvalue weighted by Gasteiger charge is 2.22. The molecule has 0 saturated carbocycles. The summed E-state index contributed by atoms with van der Waals surface area (Å²) in [7, 11) is 1.72. The molecule has 27 heavy (non-hydrogen) atoms. The van der Waals surface area contributed by atoms with Crippen LogP contribution in [0.2, 0.25) is 0 Å². The molecule has 146 valence electrons. The van der Waals surface area contributed by atoms with Crippen LogP contribution in [0.3, 0.4) is 0 Å². The van der Waals surface area contributed by atoms with Gasteiger partial charge in [0.2, 0.25) is 0 Å². The summed E-state index contributed by atoms with van der Waals surface area (Å²) >= 11 is 0. The van der Waals surface area contributed by atoms with Crippen molar-refractivity contribution in [2.75, 3.05) is 13.1 Å². The molecule has 0 aromatic carbocycles. The Labute approximate surface area is 159 Å². The zero-order valence-electron chi connectivity index (χ0n) is 16.7. The summed E-state index contributed by atoms with van der Waals surface area (Å²) in [4.78, 5) is 30.7. The van der Waals surface area contributed by atoms with Gasteiger partial charge in [-0.3, -0.25) is 14.5 Å². The monoisotopic (exact) mass is 371 g/mol. The predicted molar refractivity (Wildman–Crippen MR) is 105 cm³/mol. The van der Waals surface area contributed by atoms with Crippen molar-refractivity contribution in [1.29, 1.82) is 0 Å². The molecule has 0 aliphatic carbocycles. The number of likely N-dealkylation sites (tertiary alicyclic amines) is 1. The second kappa shape index (κ2) is 7.76. The number of nitrogens with zero attached hydrogens (tertiary/aromatic N) is 5. The average molecular weight is 371 g/mol. The highest BCUT2D eigenvalue weighted by Crippen LogP contribution is 2.21. The standard InChI is InChI=1S/C20H29N5O2/c1-20(2,3)17-5-6-18(26)25(22-17)12-15-7-9-24(10-8-15)13-16-11-21-14-23(4)19(16)27/h5-6,11,14-15H,7-10,12-13H2,1-4H3. The molecule has 2 aromatic rings. The molecule has 2 aromatic heterocycles. The van der Waals surface area contributed by atoms with Crippen molar-refractivity contribution in [3.8, 4) is 0 Å². The maximum atomic E-state index is 12.2. The van der Waals surface area contributed by atoms with E-state index in [1.54, 1.807) is 24.0 Å². The normalized spacial score (nSPS) is 16.6. The minimum atomic E-state index is -0.0747. The first-order valence-corrected chi connectivity index (χ1v) is 9.54. The van der Waals surface area contributed by atoms with Crippen LogP contribution in [-0.4, -0.2) is 37.3 Å². The third-order valence-electron chi connectivity index (χ3n) is 5.23. The summed E-state index contributed by atoms with van der Waals surface area (Å²) in [5.41, 5.74) is 1.57. The first kappa shape index (κ1) is 19.5. The Hall–Kier alpha value is -2.28. The molecule has 3 rings (SSSR count). The summed E-state index contributed by atoms with van der Waals surface area (Å²) in [5.74, 6) is 0.429. The Balaban J connectivity index is 1.61. The lowest BCUT2D eigenvalue weighted by Crippen LogP contribution is -2.38. The zero-order chi connectivity index (χ0) is 19.6. The molecular weight excluding hydrogens is 342 g/mol. The van der Waals surface area contributed by atoms with Crippen molar-refractivity contribution in [2.24, 2.45) is 13.0 Å². The molecule has 7 nitrogen and oxygen atoms in total. The number of hydrogen-bond donors (Lipinski definition) is 0. The van der Waals surface area contributed by atoms with Crippen LogP contribution in [0.5, 0.6) is 0 Å². The molecule has 1 aliphatic rings. The van der Waals surface area contributed by atoms with Crippen LogP contribution in [0.25, 0.3) is 0 Å². The van der Waals surface area contributed by atoms with Crippen molar-refractivity contribution >= 4 is 0 Å². The molecular formula is C20H29N5O2. The Morgan fingerprint density at radius 1 is 1.15 bits per heavy atom. The molecule has 0 bridgehead atoms. The highest BCUT2D eigenvalue weighted by molar-refractivity contribution is 5.10. The van der Waals surface area contributed by atoms with Crippen LogP contribution in [0.1, 0.15) is 44.9 Å². The summed E-state index contributed by atoms with van der Waals surface area (Å²) < 4.78 is 3.14. The van der Waals surface area contributed by atoms with Crippen molar-refractivity contribution < 1.29 is 0 Å². The Bertz CT molecular complexity index is 902. The van der Waals surface area contributed by atoms with E-state index >= 15 is 0 Å². The van der Waals surface area contributed by atoms with Gasteiger partial charge < -0.3 is 4.57 Å². The predicted octanol–water partition coefficient (Wildman–Crippen LogP) is 1.55. The molecule has 0 radical (unpaired) electrons. The number of aryl methyl sites for hydroxylation is 1. The molecule has 3 heterocycles. The quantitative estimate of drug-likeness (QED) is 0.815. The number of hydrogen-bond acceptors (Lipinski definition) is 5. The second-order valence-electron chi connectivity index (χ2n) is 8.54. The largest absolute Gasteiger partial charge is 0.302 e. The van der Waals surface area contributed by atoms with E-state index in [-0.39, 0.29) is 16.5 Å². The molecule has 7 heteroatoms. The number of piperidine rings is 1. The van der Waals surface area contributed by atoms with E-state index in [1.165, 1.54) is 10.9 Å². The Kier molecular flexibility index (Phi) is 5.60. The van der Waals surface area contributed by atoms with Crippen molar-refractivity contribution in [2.45, 2.75) is 52.1 Å². The van der Waals surface area contributed by atoms with Crippen LogP contribution < -0.4 is 11.1 Å². The molecule has 0 spiro atoms. The lowest BCUT2D eigenvalue weighted by Gasteiger charge is -2.32. The average Bonchev–Trinajstić information content (AvgIpc) is 2.61. The van der Waals surface area contributed by atoms with Gasteiger partial charge in [0.05, 0.1) is 12.0 Å². The van der Waals surface area contributed by atoms with Gasteiger partial charge in [0.15, 0.2) is 0 Å². The van der Waals surface area contributed by atoms with E-state index in [2.05, 4.69) is 35.8 Å². The van der Waals surface area contributed by atoms with E-state index in [0.717, 1.165) is 37.2 Å². The van der Waals surface area contributed by atoms with Crippen LogP contribution in [0, 0.1) is 5.92 Å². The number of aromatic nitrogens is 4. The fourth-order valence-corrected chi connectivity index (χ4v) is 3.46. The van der Waals surface area contributed by atoms with Gasteiger partial charge in [-0.15, -0.1) is 0 Å². The summed E-state index contributed by atoms with van der Waals surface area (Å²) in [6.45, 7) is 9.42. The molecule has 0 N–H and O–H groups in total. The van der Waals surface area contributed by atoms with Gasteiger partial charge >= 0.3 is 0 Å². The zero-order valence-corrected chi connectivity index (χ0v) is 16.7. The van der Waals surface area contributed by atoms with E-state index in [4.69, 9.17) is 0 Å². The van der Waals surface area contributed by atoms with E-state index in [9.17, 15) is 9.59 Å². The fourth-order valence-electron chi connectivity index (χ4n) is 3.46. The van der Waals surface area contributed by atoms with Crippen LogP contribution in [0.4, 0.5) is 0 Å². The van der Waals surface area contributed by atoms with Crippen molar-refractivity contribution in [1.82, 2.24) is 24.2 Å². The number of rotatable bonds is 4. The highest BCUT2D eigenvalue weighted by atomic mass is 16.1. The first-order valence-electron chi connectivity index (χ1n) is 9.54. The van der Waals surface area contributed by atoms with Gasteiger partial charge in [0.1, 0.15) is 0 Å². The lowest BCUT2D eigenvalue weighted by molar-refractivity contribution is 0.162. The minimum absolute atomic E-state index is 0.0156. The summed E-state index contributed by atoms with van der Waals surface area (Å²) in [6, 6.07) is 3.46. The topological polar surface area (TPSA) is 73.0 Å². The maximum absolute atomic E-state index is 12.2. The smallest absolute Gasteiger partial charge is 0.266 e. The van der Waals surface area contributed by atoms with Gasteiger partial charge in [-0.25, -0.2) is 9.67 Å². The maximum Gasteiger partial charge on any atom is 0.266 e. The Morgan fingerprint density at radius 3 is 2.52 bits per heavy atom. The first-order chi connectivity index (χ1) is 12.7. The molecule has 1 aliphatic heterocycles.